The number of aliphatic carboxylic acids is 1. The predicted octanol–water partition coefficient (Wildman–Crippen LogP) is 1.52. The Balaban J connectivity index is 2.57. The lowest BCUT2D eigenvalue weighted by molar-refractivity contribution is -0.155. The second-order valence-corrected chi connectivity index (χ2v) is 4.95. The van der Waals surface area contributed by atoms with E-state index in [1.54, 1.807) is 12.0 Å². The van der Waals surface area contributed by atoms with Gasteiger partial charge in [-0.05, 0) is 25.7 Å². The SMILES string of the molecule is CCC1(C(=O)O)CCCN(C(=O)CCCOC)C1. The highest BCUT2D eigenvalue weighted by Crippen LogP contribution is 2.33. The first-order valence-corrected chi connectivity index (χ1v) is 6.56. The summed E-state index contributed by atoms with van der Waals surface area (Å²) in [5.74, 6) is -0.731. The van der Waals surface area contributed by atoms with Gasteiger partial charge in [0.2, 0.25) is 5.91 Å². The molecule has 0 bridgehead atoms. The van der Waals surface area contributed by atoms with E-state index < -0.39 is 11.4 Å². The van der Waals surface area contributed by atoms with Gasteiger partial charge < -0.3 is 14.7 Å². The Morgan fingerprint density at radius 2 is 2.17 bits per heavy atom. The number of ether oxygens (including phenoxy) is 1. The van der Waals surface area contributed by atoms with Crippen molar-refractivity contribution in [1.82, 2.24) is 4.90 Å². The van der Waals surface area contributed by atoms with Crippen molar-refractivity contribution in [3.05, 3.63) is 0 Å². The molecule has 1 aliphatic heterocycles. The van der Waals surface area contributed by atoms with Crippen molar-refractivity contribution in [2.45, 2.75) is 39.0 Å². The van der Waals surface area contributed by atoms with Crippen LogP contribution in [0.15, 0.2) is 0 Å². The lowest BCUT2D eigenvalue weighted by atomic mass is 9.77. The van der Waals surface area contributed by atoms with Crippen LogP contribution in [0.1, 0.15) is 39.0 Å². The lowest BCUT2D eigenvalue weighted by Crippen LogP contribution is -2.49. The molecule has 1 heterocycles. The Bertz CT molecular complexity index is 305. The number of amides is 1. The zero-order valence-electron chi connectivity index (χ0n) is 11.3. The first-order valence-electron chi connectivity index (χ1n) is 6.56. The number of methoxy groups -OCH3 is 1. The van der Waals surface area contributed by atoms with Gasteiger partial charge in [0.05, 0.1) is 5.41 Å². The monoisotopic (exact) mass is 257 g/mol. The van der Waals surface area contributed by atoms with E-state index in [-0.39, 0.29) is 5.91 Å². The Morgan fingerprint density at radius 3 is 2.72 bits per heavy atom. The second-order valence-electron chi connectivity index (χ2n) is 4.95. The Labute approximate surface area is 108 Å². The Morgan fingerprint density at radius 1 is 1.44 bits per heavy atom. The minimum Gasteiger partial charge on any atom is -0.481 e. The standard InChI is InChI=1S/C13H23NO4/c1-3-13(12(16)17)7-5-8-14(10-13)11(15)6-4-9-18-2/h3-10H2,1-2H3,(H,16,17). The molecule has 0 aromatic carbocycles. The molecule has 1 atom stereocenters. The molecule has 0 aliphatic carbocycles. The van der Waals surface area contributed by atoms with Crippen molar-refractivity contribution in [2.75, 3.05) is 26.8 Å². The number of rotatable bonds is 6. The largest absolute Gasteiger partial charge is 0.481 e. The van der Waals surface area contributed by atoms with Gasteiger partial charge in [0.15, 0.2) is 0 Å². The molecule has 1 unspecified atom stereocenters. The third kappa shape index (κ3) is 3.45. The summed E-state index contributed by atoms with van der Waals surface area (Å²) in [4.78, 5) is 25.1. The van der Waals surface area contributed by atoms with Crippen LogP contribution in [0, 0.1) is 5.41 Å². The van der Waals surface area contributed by atoms with Gasteiger partial charge in [-0.25, -0.2) is 0 Å². The molecule has 18 heavy (non-hydrogen) atoms. The molecule has 1 fully saturated rings. The number of carbonyl (C=O) groups excluding carboxylic acids is 1. The maximum absolute atomic E-state index is 12.0. The molecule has 0 aromatic rings. The summed E-state index contributed by atoms with van der Waals surface area (Å²) < 4.78 is 4.92. The molecular weight excluding hydrogens is 234 g/mol. The van der Waals surface area contributed by atoms with Crippen molar-refractivity contribution < 1.29 is 19.4 Å². The number of carbonyl (C=O) groups is 2. The summed E-state index contributed by atoms with van der Waals surface area (Å²) in [7, 11) is 1.61. The number of hydrogen-bond donors (Lipinski definition) is 1. The van der Waals surface area contributed by atoms with E-state index in [1.165, 1.54) is 0 Å². The second kappa shape index (κ2) is 6.73. The number of carboxylic acids is 1. The normalized spacial score (nSPS) is 24.0. The first-order chi connectivity index (χ1) is 8.55. The minimum absolute atomic E-state index is 0.0471. The third-order valence-electron chi connectivity index (χ3n) is 3.80. The number of likely N-dealkylation sites (tertiary alicyclic amines) is 1. The molecule has 1 aliphatic rings. The molecule has 0 aromatic heterocycles. The van der Waals surface area contributed by atoms with Crippen molar-refractivity contribution >= 4 is 11.9 Å². The number of carboxylic acid groups (broad SMARTS) is 1. The summed E-state index contributed by atoms with van der Waals surface area (Å²) in [6, 6.07) is 0. The average Bonchev–Trinajstić information content (AvgIpc) is 2.38. The number of piperidine rings is 1. The molecule has 1 N–H and O–H groups in total. The van der Waals surface area contributed by atoms with E-state index in [0.717, 1.165) is 6.42 Å². The molecule has 0 saturated carbocycles. The summed E-state index contributed by atoms with van der Waals surface area (Å²) in [5.41, 5.74) is -0.741. The van der Waals surface area contributed by atoms with Crippen LogP contribution in [-0.4, -0.2) is 48.7 Å². The van der Waals surface area contributed by atoms with Crippen LogP contribution in [-0.2, 0) is 14.3 Å². The highest BCUT2D eigenvalue weighted by atomic mass is 16.5. The zero-order chi connectivity index (χ0) is 13.6. The van der Waals surface area contributed by atoms with Crippen molar-refractivity contribution in [3.63, 3.8) is 0 Å². The number of hydrogen-bond acceptors (Lipinski definition) is 3. The van der Waals surface area contributed by atoms with E-state index in [4.69, 9.17) is 4.74 Å². The number of nitrogens with zero attached hydrogens (tertiary/aromatic N) is 1. The van der Waals surface area contributed by atoms with Gasteiger partial charge in [-0.1, -0.05) is 6.92 Å². The highest BCUT2D eigenvalue weighted by molar-refractivity contribution is 5.79. The van der Waals surface area contributed by atoms with E-state index in [2.05, 4.69) is 0 Å². The molecule has 5 heteroatoms. The van der Waals surface area contributed by atoms with Gasteiger partial charge in [-0.2, -0.15) is 0 Å². The van der Waals surface area contributed by atoms with Crippen LogP contribution in [0.25, 0.3) is 0 Å². The molecule has 1 amide bonds. The molecule has 0 radical (unpaired) electrons. The summed E-state index contributed by atoms with van der Waals surface area (Å²) >= 11 is 0. The van der Waals surface area contributed by atoms with Gasteiger partial charge >= 0.3 is 5.97 Å². The Hall–Kier alpha value is -1.10. The van der Waals surface area contributed by atoms with Crippen LogP contribution >= 0.6 is 0 Å². The van der Waals surface area contributed by atoms with Gasteiger partial charge in [0.25, 0.3) is 0 Å². The fourth-order valence-electron chi connectivity index (χ4n) is 2.48. The smallest absolute Gasteiger partial charge is 0.311 e. The summed E-state index contributed by atoms with van der Waals surface area (Å²) in [6.07, 6.45) is 3.15. The van der Waals surface area contributed by atoms with Gasteiger partial charge in [-0.3, -0.25) is 9.59 Å². The van der Waals surface area contributed by atoms with Crippen molar-refractivity contribution in [3.8, 4) is 0 Å². The maximum atomic E-state index is 12.0. The summed E-state index contributed by atoms with van der Waals surface area (Å²) in [5, 5.41) is 9.34. The molecule has 0 spiro atoms. The molecule has 5 nitrogen and oxygen atoms in total. The minimum atomic E-state index is -0.778. The van der Waals surface area contributed by atoms with Crippen LogP contribution in [0.3, 0.4) is 0 Å². The first kappa shape index (κ1) is 15.0. The lowest BCUT2D eigenvalue weighted by Gasteiger charge is -2.39. The maximum Gasteiger partial charge on any atom is 0.311 e. The van der Waals surface area contributed by atoms with E-state index in [1.807, 2.05) is 6.92 Å². The summed E-state index contributed by atoms with van der Waals surface area (Å²) in [6.45, 7) is 3.48. The molecular formula is C13H23NO4. The van der Waals surface area contributed by atoms with Crippen LogP contribution in [0.4, 0.5) is 0 Å². The van der Waals surface area contributed by atoms with Gasteiger partial charge in [-0.15, -0.1) is 0 Å². The van der Waals surface area contributed by atoms with E-state index >= 15 is 0 Å². The third-order valence-corrected chi connectivity index (χ3v) is 3.80. The molecule has 104 valence electrons. The highest BCUT2D eigenvalue weighted by Gasteiger charge is 2.41. The van der Waals surface area contributed by atoms with Gasteiger partial charge in [0, 0.05) is 33.2 Å². The molecule has 1 saturated heterocycles. The Kier molecular flexibility index (Phi) is 5.59. The van der Waals surface area contributed by atoms with Crippen molar-refractivity contribution in [2.24, 2.45) is 5.41 Å². The fraction of sp³-hybridized carbons (Fsp3) is 0.846. The predicted molar refractivity (Wildman–Crippen MR) is 67.3 cm³/mol. The quantitative estimate of drug-likeness (QED) is 0.732. The van der Waals surface area contributed by atoms with Crippen LogP contribution < -0.4 is 0 Å². The van der Waals surface area contributed by atoms with Crippen LogP contribution in [0.2, 0.25) is 0 Å². The van der Waals surface area contributed by atoms with E-state index in [9.17, 15) is 14.7 Å². The fourth-order valence-corrected chi connectivity index (χ4v) is 2.48. The van der Waals surface area contributed by atoms with Gasteiger partial charge in [0.1, 0.15) is 0 Å². The topological polar surface area (TPSA) is 66.8 Å². The zero-order valence-corrected chi connectivity index (χ0v) is 11.3. The molecule has 1 rings (SSSR count). The van der Waals surface area contributed by atoms with Crippen molar-refractivity contribution in [1.29, 1.82) is 0 Å². The average molecular weight is 257 g/mol. The van der Waals surface area contributed by atoms with E-state index in [0.29, 0.717) is 45.4 Å². The van der Waals surface area contributed by atoms with Crippen LogP contribution in [0.5, 0.6) is 0 Å².